The van der Waals surface area contributed by atoms with Crippen molar-refractivity contribution in [3.63, 3.8) is 0 Å². The summed E-state index contributed by atoms with van der Waals surface area (Å²) < 4.78 is 32.3. The molecule has 128 valence electrons. The molecule has 0 saturated heterocycles. The highest BCUT2D eigenvalue weighted by Gasteiger charge is 2.14. The Morgan fingerprint density at radius 3 is 2.40 bits per heavy atom. The zero-order chi connectivity index (χ0) is 17.7. The van der Waals surface area contributed by atoms with E-state index in [1.54, 1.807) is 18.2 Å². The monoisotopic (exact) mass is 355 g/mol. The largest absolute Gasteiger partial charge is 0.497 e. The summed E-state index contributed by atoms with van der Waals surface area (Å²) >= 11 is 0. The lowest BCUT2D eigenvalue weighted by Gasteiger charge is -2.08. The summed E-state index contributed by atoms with van der Waals surface area (Å²) in [5, 5.41) is 0. The molecule has 0 atom stereocenters. The predicted molar refractivity (Wildman–Crippen MR) is 94.5 cm³/mol. The molecule has 7 heteroatoms. The van der Waals surface area contributed by atoms with Crippen LogP contribution >= 0.6 is 0 Å². The molecule has 1 N–H and O–H groups in total. The second-order valence-corrected chi connectivity index (χ2v) is 7.03. The highest BCUT2D eigenvalue weighted by Crippen LogP contribution is 2.17. The van der Waals surface area contributed by atoms with Crippen LogP contribution in [0.2, 0.25) is 0 Å². The second kappa shape index (κ2) is 7.42. The third-order valence-corrected chi connectivity index (χ3v) is 5.02. The summed E-state index contributed by atoms with van der Waals surface area (Å²) in [7, 11) is -2.10. The Labute approximate surface area is 146 Å². The molecular formula is C18H17N3O3S. The first-order chi connectivity index (χ1) is 12.1. The molecule has 0 aliphatic rings. The molecule has 0 radical (unpaired) electrons. The highest BCUT2D eigenvalue weighted by atomic mass is 32.2. The van der Waals surface area contributed by atoms with E-state index in [9.17, 15) is 8.42 Å². The van der Waals surface area contributed by atoms with Gasteiger partial charge in [0.2, 0.25) is 10.0 Å². The zero-order valence-corrected chi connectivity index (χ0v) is 14.4. The van der Waals surface area contributed by atoms with Crippen molar-refractivity contribution in [2.75, 3.05) is 7.11 Å². The third kappa shape index (κ3) is 4.20. The number of benzene rings is 2. The third-order valence-electron chi connectivity index (χ3n) is 3.61. The number of hydrogen-bond acceptors (Lipinski definition) is 5. The molecule has 0 fully saturated rings. The molecule has 2 aromatic carbocycles. The average molecular weight is 355 g/mol. The fourth-order valence-electron chi connectivity index (χ4n) is 2.27. The van der Waals surface area contributed by atoms with Gasteiger partial charge in [-0.15, -0.1) is 0 Å². The van der Waals surface area contributed by atoms with Crippen molar-refractivity contribution in [2.24, 2.45) is 0 Å². The standard InChI is InChI=1S/C18H17N3O3S/c1-24-16-7-9-17(10-8-16)25(22,23)21-12-15-11-18(20-13-19-15)14-5-3-2-4-6-14/h2-11,13,21H,12H2,1H3. The number of methoxy groups -OCH3 is 1. The molecule has 3 rings (SSSR count). The van der Waals surface area contributed by atoms with E-state index in [0.717, 1.165) is 11.3 Å². The van der Waals surface area contributed by atoms with Crippen LogP contribution in [0.3, 0.4) is 0 Å². The number of sulfonamides is 1. The van der Waals surface area contributed by atoms with Crippen LogP contribution < -0.4 is 9.46 Å². The normalized spacial score (nSPS) is 11.2. The van der Waals surface area contributed by atoms with Gasteiger partial charge in [0.25, 0.3) is 0 Å². The van der Waals surface area contributed by atoms with Crippen LogP contribution in [0.25, 0.3) is 11.3 Å². The minimum atomic E-state index is -3.63. The molecule has 1 heterocycles. The highest BCUT2D eigenvalue weighted by molar-refractivity contribution is 7.89. The number of hydrogen-bond donors (Lipinski definition) is 1. The van der Waals surface area contributed by atoms with Crippen LogP contribution in [0, 0.1) is 0 Å². The molecule has 0 unspecified atom stereocenters. The van der Waals surface area contributed by atoms with E-state index in [4.69, 9.17) is 4.74 Å². The van der Waals surface area contributed by atoms with Crippen LogP contribution in [0.15, 0.2) is 71.9 Å². The maximum Gasteiger partial charge on any atom is 0.240 e. The summed E-state index contributed by atoms with van der Waals surface area (Å²) in [6.45, 7) is 0.0801. The van der Waals surface area contributed by atoms with Crippen LogP contribution in [-0.4, -0.2) is 25.5 Å². The Morgan fingerprint density at radius 2 is 1.72 bits per heavy atom. The molecule has 1 aromatic heterocycles. The van der Waals surface area contributed by atoms with Crippen molar-refractivity contribution in [1.29, 1.82) is 0 Å². The zero-order valence-electron chi connectivity index (χ0n) is 13.6. The molecule has 0 bridgehead atoms. The number of rotatable bonds is 6. The maximum absolute atomic E-state index is 12.4. The summed E-state index contributed by atoms with van der Waals surface area (Å²) in [4.78, 5) is 8.53. The molecule has 0 saturated carbocycles. The van der Waals surface area contributed by atoms with E-state index in [2.05, 4.69) is 14.7 Å². The van der Waals surface area contributed by atoms with Crippen molar-refractivity contribution in [3.8, 4) is 17.0 Å². The Balaban J connectivity index is 1.74. The fourth-order valence-corrected chi connectivity index (χ4v) is 3.27. The van der Waals surface area contributed by atoms with Gasteiger partial charge in [-0.05, 0) is 30.3 Å². The van der Waals surface area contributed by atoms with Crippen LogP contribution in [0.5, 0.6) is 5.75 Å². The lowest BCUT2D eigenvalue weighted by atomic mass is 10.1. The van der Waals surface area contributed by atoms with Gasteiger partial charge in [0.05, 0.1) is 29.9 Å². The fraction of sp³-hybridized carbons (Fsp3) is 0.111. The van der Waals surface area contributed by atoms with Gasteiger partial charge < -0.3 is 4.74 Å². The first-order valence-electron chi connectivity index (χ1n) is 7.58. The smallest absolute Gasteiger partial charge is 0.240 e. The van der Waals surface area contributed by atoms with Gasteiger partial charge in [-0.3, -0.25) is 0 Å². The first kappa shape index (κ1) is 17.1. The minimum Gasteiger partial charge on any atom is -0.497 e. The topological polar surface area (TPSA) is 81.2 Å². The Bertz CT molecular complexity index is 943. The molecule has 3 aromatic rings. The maximum atomic E-state index is 12.4. The lowest BCUT2D eigenvalue weighted by Crippen LogP contribution is -2.23. The molecule has 0 spiro atoms. The number of ether oxygens (including phenoxy) is 1. The molecule has 6 nitrogen and oxygen atoms in total. The molecule has 0 aliphatic heterocycles. The van der Waals surface area contributed by atoms with Crippen molar-refractivity contribution in [2.45, 2.75) is 11.4 Å². The van der Waals surface area contributed by atoms with Crippen molar-refractivity contribution >= 4 is 10.0 Å². The first-order valence-corrected chi connectivity index (χ1v) is 9.07. The summed E-state index contributed by atoms with van der Waals surface area (Å²) in [5.74, 6) is 0.599. The van der Waals surface area contributed by atoms with Gasteiger partial charge in [0, 0.05) is 5.56 Å². The van der Waals surface area contributed by atoms with E-state index in [1.165, 1.54) is 25.6 Å². The minimum absolute atomic E-state index is 0.0801. The Morgan fingerprint density at radius 1 is 1.00 bits per heavy atom. The summed E-state index contributed by atoms with van der Waals surface area (Å²) in [5.41, 5.74) is 2.28. The van der Waals surface area contributed by atoms with Crippen molar-refractivity contribution < 1.29 is 13.2 Å². The van der Waals surface area contributed by atoms with Crippen molar-refractivity contribution in [3.05, 3.63) is 72.7 Å². The van der Waals surface area contributed by atoms with Gasteiger partial charge in [-0.2, -0.15) is 0 Å². The Kier molecular flexibility index (Phi) is 5.06. The summed E-state index contributed by atoms with van der Waals surface area (Å²) in [6, 6.07) is 17.6. The van der Waals surface area contributed by atoms with E-state index in [-0.39, 0.29) is 11.4 Å². The van der Waals surface area contributed by atoms with E-state index < -0.39 is 10.0 Å². The van der Waals surface area contributed by atoms with Gasteiger partial charge in [-0.1, -0.05) is 30.3 Å². The SMILES string of the molecule is COc1ccc(S(=O)(=O)NCc2cc(-c3ccccc3)ncn2)cc1. The quantitative estimate of drug-likeness (QED) is 0.735. The number of nitrogens with one attached hydrogen (secondary N) is 1. The van der Waals surface area contributed by atoms with Gasteiger partial charge in [0.15, 0.2) is 0 Å². The number of aromatic nitrogens is 2. The average Bonchev–Trinajstić information content (AvgIpc) is 2.67. The van der Waals surface area contributed by atoms with Gasteiger partial charge in [0.1, 0.15) is 12.1 Å². The van der Waals surface area contributed by atoms with Crippen LogP contribution in [-0.2, 0) is 16.6 Å². The van der Waals surface area contributed by atoms with Gasteiger partial charge >= 0.3 is 0 Å². The Hall–Kier alpha value is -2.77. The van der Waals surface area contributed by atoms with Crippen LogP contribution in [0.1, 0.15) is 5.69 Å². The number of nitrogens with zero attached hydrogens (tertiary/aromatic N) is 2. The molecule has 0 amide bonds. The lowest BCUT2D eigenvalue weighted by molar-refractivity contribution is 0.414. The predicted octanol–water partition coefficient (Wildman–Crippen LogP) is 2.63. The van der Waals surface area contributed by atoms with E-state index >= 15 is 0 Å². The van der Waals surface area contributed by atoms with Crippen LogP contribution in [0.4, 0.5) is 0 Å². The van der Waals surface area contributed by atoms with Crippen molar-refractivity contribution in [1.82, 2.24) is 14.7 Å². The molecule has 25 heavy (non-hydrogen) atoms. The van der Waals surface area contributed by atoms with E-state index in [0.29, 0.717) is 11.4 Å². The molecule has 0 aliphatic carbocycles. The second-order valence-electron chi connectivity index (χ2n) is 5.26. The molecular weight excluding hydrogens is 338 g/mol. The van der Waals surface area contributed by atoms with E-state index in [1.807, 2.05) is 30.3 Å². The van der Waals surface area contributed by atoms with Gasteiger partial charge in [-0.25, -0.2) is 23.1 Å². The summed E-state index contributed by atoms with van der Waals surface area (Å²) in [6.07, 6.45) is 1.43.